The molecular formula is C11H12ClNO4S. The molecule has 0 unspecified atom stereocenters. The molecule has 1 rings (SSSR count). The number of nitrogens with zero attached hydrogens (tertiary/aromatic N) is 1. The third-order valence-electron chi connectivity index (χ3n) is 1.89. The number of thiol groups is 1. The molecule has 0 heterocycles. The predicted octanol–water partition coefficient (Wildman–Crippen LogP) is 3.28. The van der Waals surface area contributed by atoms with Crippen molar-refractivity contribution in [1.82, 2.24) is 4.31 Å². The minimum Gasteiger partial charge on any atom is -0.449 e. The Morgan fingerprint density at radius 3 is 2.33 bits per heavy atom. The van der Waals surface area contributed by atoms with Gasteiger partial charge in [-0.3, -0.25) is 0 Å². The van der Waals surface area contributed by atoms with Crippen LogP contribution < -0.4 is 0 Å². The summed E-state index contributed by atoms with van der Waals surface area (Å²) in [5, 5.41) is 0.590. The highest BCUT2D eigenvalue weighted by Gasteiger charge is 2.20. The van der Waals surface area contributed by atoms with Crippen molar-refractivity contribution in [1.29, 1.82) is 0 Å². The second kappa shape index (κ2) is 7.13. The number of carbonyl (C=O) groups is 2. The lowest BCUT2D eigenvalue weighted by Gasteiger charge is -2.13. The first kappa shape index (κ1) is 14.7. The van der Waals surface area contributed by atoms with Crippen LogP contribution in [0.1, 0.15) is 12.5 Å². The Bertz CT molecular complexity index is 424. The van der Waals surface area contributed by atoms with Crippen LogP contribution in [0.15, 0.2) is 24.3 Å². The minimum absolute atomic E-state index is 0.0203. The smallest absolute Gasteiger partial charge is 0.429 e. The number of rotatable bonds is 3. The van der Waals surface area contributed by atoms with E-state index in [1.165, 1.54) is 0 Å². The zero-order chi connectivity index (χ0) is 13.5. The Labute approximate surface area is 115 Å². The number of hydrogen-bond donors (Lipinski definition) is 1. The molecule has 0 aromatic heterocycles. The van der Waals surface area contributed by atoms with Crippen LogP contribution in [-0.2, 0) is 16.1 Å². The molecule has 0 aliphatic heterocycles. The highest BCUT2D eigenvalue weighted by atomic mass is 35.5. The molecule has 2 amide bonds. The Morgan fingerprint density at radius 2 is 1.78 bits per heavy atom. The maximum atomic E-state index is 11.4. The van der Waals surface area contributed by atoms with Crippen molar-refractivity contribution >= 4 is 36.6 Å². The summed E-state index contributed by atoms with van der Waals surface area (Å²) in [6.07, 6.45) is -1.77. The molecule has 0 fully saturated rings. The average Bonchev–Trinajstić information content (AvgIpc) is 2.37. The third kappa shape index (κ3) is 4.46. The van der Waals surface area contributed by atoms with Crippen molar-refractivity contribution < 1.29 is 19.1 Å². The van der Waals surface area contributed by atoms with Crippen LogP contribution >= 0.6 is 24.4 Å². The van der Waals surface area contributed by atoms with Gasteiger partial charge in [0.25, 0.3) is 0 Å². The van der Waals surface area contributed by atoms with E-state index in [9.17, 15) is 9.59 Å². The summed E-state index contributed by atoms with van der Waals surface area (Å²) in [5.74, 6) is 0. The first-order valence-corrected chi connectivity index (χ1v) is 5.89. The van der Waals surface area contributed by atoms with Crippen molar-refractivity contribution in [2.75, 3.05) is 6.61 Å². The van der Waals surface area contributed by atoms with E-state index in [4.69, 9.17) is 16.3 Å². The van der Waals surface area contributed by atoms with Crippen LogP contribution in [0.4, 0.5) is 9.59 Å². The fraction of sp³-hybridized carbons (Fsp3) is 0.273. The van der Waals surface area contributed by atoms with Gasteiger partial charge in [-0.25, -0.2) is 9.59 Å². The van der Waals surface area contributed by atoms with Crippen LogP contribution in [0.2, 0.25) is 5.02 Å². The fourth-order valence-corrected chi connectivity index (χ4v) is 1.29. The van der Waals surface area contributed by atoms with Gasteiger partial charge in [-0.15, -0.1) is 0 Å². The molecule has 0 aliphatic rings. The molecule has 0 N–H and O–H groups in total. The second-order valence-corrected chi connectivity index (χ2v) is 4.03. The molecule has 18 heavy (non-hydrogen) atoms. The van der Waals surface area contributed by atoms with Gasteiger partial charge >= 0.3 is 12.2 Å². The molecule has 0 spiro atoms. The summed E-state index contributed by atoms with van der Waals surface area (Å²) in [7, 11) is 0. The van der Waals surface area contributed by atoms with Crippen LogP contribution in [0.25, 0.3) is 0 Å². The number of amides is 2. The first-order chi connectivity index (χ1) is 8.54. The largest absolute Gasteiger partial charge is 0.449 e. The quantitative estimate of drug-likeness (QED) is 0.868. The van der Waals surface area contributed by atoms with E-state index < -0.39 is 12.2 Å². The van der Waals surface area contributed by atoms with Crippen molar-refractivity contribution in [2.24, 2.45) is 0 Å². The summed E-state index contributed by atoms with van der Waals surface area (Å²) >= 11 is 9.39. The van der Waals surface area contributed by atoms with E-state index in [0.29, 0.717) is 9.33 Å². The zero-order valence-electron chi connectivity index (χ0n) is 9.63. The Kier molecular flexibility index (Phi) is 5.80. The van der Waals surface area contributed by atoms with E-state index in [2.05, 4.69) is 17.6 Å². The van der Waals surface area contributed by atoms with Gasteiger partial charge < -0.3 is 9.47 Å². The van der Waals surface area contributed by atoms with E-state index in [-0.39, 0.29) is 13.2 Å². The number of imide groups is 1. The van der Waals surface area contributed by atoms with E-state index in [1.807, 2.05) is 0 Å². The normalized spacial score (nSPS) is 9.72. The highest BCUT2D eigenvalue weighted by molar-refractivity contribution is 7.79. The predicted molar refractivity (Wildman–Crippen MR) is 69.5 cm³/mol. The van der Waals surface area contributed by atoms with Gasteiger partial charge in [0.15, 0.2) is 0 Å². The van der Waals surface area contributed by atoms with E-state index >= 15 is 0 Å². The molecular weight excluding hydrogens is 278 g/mol. The molecule has 1 aromatic carbocycles. The summed E-state index contributed by atoms with van der Waals surface area (Å²) in [6.45, 7) is 1.80. The van der Waals surface area contributed by atoms with Crippen molar-refractivity contribution in [3.05, 3.63) is 34.9 Å². The molecule has 5 nitrogen and oxygen atoms in total. The molecule has 0 atom stereocenters. The first-order valence-electron chi connectivity index (χ1n) is 5.11. The lowest BCUT2D eigenvalue weighted by atomic mass is 10.2. The molecule has 7 heteroatoms. The number of hydrogen-bond acceptors (Lipinski definition) is 5. The summed E-state index contributed by atoms with van der Waals surface area (Å²) in [4.78, 5) is 22.5. The zero-order valence-corrected chi connectivity index (χ0v) is 11.3. The topological polar surface area (TPSA) is 55.8 Å². The minimum atomic E-state index is -0.897. The van der Waals surface area contributed by atoms with Crippen LogP contribution in [0.5, 0.6) is 0 Å². The maximum absolute atomic E-state index is 11.4. The lowest BCUT2D eigenvalue weighted by Crippen LogP contribution is -2.29. The van der Waals surface area contributed by atoms with Gasteiger partial charge in [0.1, 0.15) is 6.61 Å². The molecule has 98 valence electrons. The summed E-state index contributed by atoms with van der Waals surface area (Å²) in [5.41, 5.74) is 0.748. The summed E-state index contributed by atoms with van der Waals surface area (Å²) in [6, 6.07) is 6.77. The second-order valence-electron chi connectivity index (χ2n) is 3.19. The van der Waals surface area contributed by atoms with Gasteiger partial charge in [-0.05, 0) is 37.4 Å². The lowest BCUT2D eigenvalue weighted by molar-refractivity contribution is 0.101. The Balaban J connectivity index is 2.45. The number of halogens is 1. The SMILES string of the molecule is CCOC(=O)N(S)C(=O)OCc1ccc(Cl)cc1. The highest BCUT2D eigenvalue weighted by Crippen LogP contribution is 2.11. The monoisotopic (exact) mass is 289 g/mol. The fourth-order valence-electron chi connectivity index (χ4n) is 1.05. The standard InChI is InChI=1S/C11H12ClNO4S/c1-2-16-10(14)13(18)11(15)17-7-8-3-5-9(12)6-4-8/h3-6,18H,2,7H2,1H3. The van der Waals surface area contributed by atoms with Gasteiger partial charge in [0.2, 0.25) is 0 Å². The van der Waals surface area contributed by atoms with E-state index in [1.54, 1.807) is 31.2 Å². The van der Waals surface area contributed by atoms with Crippen LogP contribution in [-0.4, -0.2) is 23.1 Å². The molecule has 0 saturated heterocycles. The molecule has 0 bridgehead atoms. The van der Waals surface area contributed by atoms with Crippen LogP contribution in [0.3, 0.4) is 0 Å². The molecule has 1 aromatic rings. The number of benzene rings is 1. The molecule has 0 saturated carbocycles. The van der Waals surface area contributed by atoms with Gasteiger partial charge in [-0.1, -0.05) is 23.7 Å². The van der Waals surface area contributed by atoms with Gasteiger partial charge in [-0.2, -0.15) is 4.31 Å². The molecule has 0 aliphatic carbocycles. The van der Waals surface area contributed by atoms with E-state index in [0.717, 1.165) is 5.56 Å². The van der Waals surface area contributed by atoms with Gasteiger partial charge in [0.05, 0.1) is 6.61 Å². The van der Waals surface area contributed by atoms with Gasteiger partial charge in [0, 0.05) is 5.02 Å². The van der Waals surface area contributed by atoms with Crippen LogP contribution in [0, 0.1) is 0 Å². The maximum Gasteiger partial charge on any atom is 0.429 e. The Morgan fingerprint density at radius 1 is 1.22 bits per heavy atom. The van der Waals surface area contributed by atoms with Crippen molar-refractivity contribution in [2.45, 2.75) is 13.5 Å². The number of ether oxygens (including phenoxy) is 2. The molecule has 0 radical (unpaired) electrons. The van der Waals surface area contributed by atoms with Crippen molar-refractivity contribution in [3.8, 4) is 0 Å². The third-order valence-corrected chi connectivity index (χ3v) is 2.47. The number of carbonyl (C=O) groups excluding carboxylic acids is 2. The Hall–Kier alpha value is -1.40. The summed E-state index contributed by atoms with van der Waals surface area (Å²) < 4.78 is 9.92. The average molecular weight is 290 g/mol. The van der Waals surface area contributed by atoms with Crippen molar-refractivity contribution in [3.63, 3.8) is 0 Å².